The van der Waals surface area contributed by atoms with E-state index in [0.29, 0.717) is 21.7 Å². The fraction of sp³-hybridized carbons (Fsp3) is 0.188. The van der Waals surface area contributed by atoms with E-state index >= 15 is 0 Å². The highest BCUT2D eigenvalue weighted by molar-refractivity contribution is 7.14. The minimum Gasteiger partial charge on any atom is -0.481 e. The van der Waals surface area contributed by atoms with Gasteiger partial charge in [0.1, 0.15) is 5.75 Å². The molecule has 1 atom stereocenters. The lowest BCUT2D eigenvalue weighted by Crippen LogP contribution is -2.30. The summed E-state index contributed by atoms with van der Waals surface area (Å²) >= 11 is 8.68. The Morgan fingerprint density at radius 1 is 1.38 bits per heavy atom. The Kier molecular flexibility index (Phi) is 5.13. The predicted molar refractivity (Wildman–Crippen MR) is 98.1 cm³/mol. The van der Waals surface area contributed by atoms with E-state index in [4.69, 9.17) is 16.3 Å². The van der Waals surface area contributed by atoms with E-state index in [2.05, 4.69) is 14.7 Å². The molecule has 0 aliphatic heterocycles. The van der Waals surface area contributed by atoms with Gasteiger partial charge in [-0.2, -0.15) is 9.36 Å². The van der Waals surface area contributed by atoms with Crippen molar-refractivity contribution in [2.24, 2.45) is 0 Å². The first kappa shape index (κ1) is 16.9. The van der Waals surface area contributed by atoms with Gasteiger partial charge in [-0.15, -0.1) is 11.3 Å². The maximum Gasteiger partial charge on any atom is 0.266 e. The van der Waals surface area contributed by atoms with Crippen LogP contribution in [0.4, 0.5) is 5.13 Å². The number of hydrogen-bond donors (Lipinski definition) is 1. The molecular formula is C16H14ClN3O2S2. The lowest BCUT2D eigenvalue weighted by Gasteiger charge is -2.14. The highest BCUT2D eigenvalue weighted by atomic mass is 35.5. The first-order valence-electron chi connectivity index (χ1n) is 7.14. The van der Waals surface area contributed by atoms with Gasteiger partial charge in [-0.05, 0) is 49.1 Å². The number of halogens is 1. The van der Waals surface area contributed by atoms with Crippen molar-refractivity contribution >= 4 is 45.5 Å². The maximum absolute atomic E-state index is 12.2. The summed E-state index contributed by atoms with van der Waals surface area (Å²) in [4.78, 5) is 17.5. The lowest BCUT2D eigenvalue weighted by atomic mass is 10.2. The number of carbonyl (C=O) groups excluding carboxylic acids is 1. The van der Waals surface area contributed by atoms with Crippen molar-refractivity contribution in [1.29, 1.82) is 0 Å². The van der Waals surface area contributed by atoms with E-state index in [0.717, 1.165) is 22.0 Å². The number of amides is 1. The highest BCUT2D eigenvalue weighted by Gasteiger charge is 2.17. The second-order valence-corrected chi connectivity index (χ2v) is 7.17. The molecule has 1 unspecified atom stereocenters. The molecule has 0 spiro atoms. The third-order valence-corrected chi connectivity index (χ3v) is 5.13. The second-order valence-electron chi connectivity index (χ2n) is 5.06. The predicted octanol–water partition coefficient (Wildman–Crippen LogP) is 4.63. The van der Waals surface area contributed by atoms with Gasteiger partial charge < -0.3 is 4.74 Å². The van der Waals surface area contributed by atoms with Crippen LogP contribution in [-0.2, 0) is 4.79 Å². The summed E-state index contributed by atoms with van der Waals surface area (Å²) in [5.41, 5.74) is 0.895. The Hall–Kier alpha value is -1.96. The minimum atomic E-state index is -0.667. The molecule has 1 aromatic carbocycles. The summed E-state index contributed by atoms with van der Waals surface area (Å²) in [5, 5.41) is 5.80. The number of hydrogen-bond acceptors (Lipinski definition) is 6. The molecule has 0 aliphatic carbocycles. The SMILES string of the molecule is Cc1cc(OC(C)C(=O)Nc2nc(-c3cccs3)ns2)ccc1Cl. The normalized spacial score (nSPS) is 12.0. The fourth-order valence-corrected chi connectivity index (χ4v) is 3.35. The molecule has 5 nitrogen and oxygen atoms in total. The summed E-state index contributed by atoms with van der Waals surface area (Å²) < 4.78 is 9.90. The number of thiophene rings is 1. The van der Waals surface area contributed by atoms with E-state index in [9.17, 15) is 4.79 Å². The average Bonchev–Trinajstić information content (AvgIpc) is 3.21. The number of benzene rings is 1. The zero-order valence-electron chi connectivity index (χ0n) is 12.9. The first-order chi connectivity index (χ1) is 11.5. The summed E-state index contributed by atoms with van der Waals surface area (Å²) in [7, 11) is 0. The van der Waals surface area contributed by atoms with Gasteiger partial charge in [-0.3, -0.25) is 10.1 Å². The van der Waals surface area contributed by atoms with Crippen molar-refractivity contribution in [3.05, 3.63) is 46.3 Å². The van der Waals surface area contributed by atoms with Crippen LogP contribution in [0.25, 0.3) is 10.7 Å². The van der Waals surface area contributed by atoms with Crippen molar-refractivity contribution in [2.75, 3.05) is 5.32 Å². The Bertz CT molecular complexity index is 849. The molecule has 2 aromatic heterocycles. The Balaban J connectivity index is 1.63. The van der Waals surface area contributed by atoms with Crippen molar-refractivity contribution in [1.82, 2.24) is 9.36 Å². The molecule has 1 N–H and O–H groups in total. The van der Waals surface area contributed by atoms with Crippen molar-refractivity contribution in [2.45, 2.75) is 20.0 Å². The zero-order chi connectivity index (χ0) is 17.1. The van der Waals surface area contributed by atoms with Crippen LogP contribution >= 0.6 is 34.5 Å². The molecule has 2 heterocycles. The van der Waals surface area contributed by atoms with Gasteiger partial charge in [0.2, 0.25) is 5.13 Å². The van der Waals surface area contributed by atoms with Gasteiger partial charge in [0.15, 0.2) is 11.9 Å². The van der Waals surface area contributed by atoms with Crippen LogP contribution in [0.2, 0.25) is 5.02 Å². The molecule has 0 bridgehead atoms. The molecular weight excluding hydrogens is 366 g/mol. The van der Waals surface area contributed by atoms with Gasteiger partial charge in [-0.25, -0.2) is 0 Å². The van der Waals surface area contributed by atoms with Gasteiger partial charge in [-0.1, -0.05) is 17.7 Å². The summed E-state index contributed by atoms with van der Waals surface area (Å²) in [6.07, 6.45) is -0.667. The van der Waals surface area contributed by atoms with Crippen molar-refractivity contribution in [3.63, 3.8) is 0 Å². The molecule has 0 saturated carbocycles. The minimum absolute atomic E-state index is 0.281. The topological polar surface area (TPSA) is 64.1 Å². The lowest BCUT2D eigenvalue weighted by molar-refractivity contribution is -0.122. The van der Waals surface area contributed by atoms with Gasteiger partial charge in [0.25, 0.3) is 5.91 Å². The third-order valence-electron chi connectivity index (χ3n) is 3.21. The van der Waals surface area contributed by atoms with E-state index in [1.807, 2.05) is 24.4 Å². The zero-order valence-corrected chi connectivity index (χ0v) is 15.3. The molecule has 8 heteroatoms. The van der Waals surface area contributed by atoms with Crippen LogP contribution in [0.15, 0.2) is 35.7 Å². The molecule has 24 heavy (non-hydrogen) atoms. The van der Waals surface area contributed by atoms with E-state index in [1.165, 1.54) is 0 Å². The number of nitrogens with zero attached hydrogens (tertiary/aromatic N) is 2. The molecule has 0 aliphatic rings. The largest absolute Gasteiger partial charge is 0.481 e. The number of carbonyl (C=O) groups is 1. The molecule has 1 amide bonds. The monoisotopic (exact) mass is 379 g/mol. The smallest absolute Gasteiger partial charge is 0.266 e. The molecule has 124 valence electrons. The number of aryl methyl sites for hydroxylation is 1. The van der Waals surface area contributed by atoms with Crippen LogP contribution in [0.1, 0.15) is 12.5 Å². The van der Waals surface area contributed by atoms with E-state index in [1.54, 1.807) is 36.5 Å². The molecule has 0 fully saturated rings. The van der Waals surface area contributed by atoms with Crippen molar-refractivity contribution in [3.8, 4) is 16.5 Å². The summed E-state index contributed by atoms with van der Waals surface area (Å²) in [5.74, 6) is 0.930. The van der Waals surface area contributed by atoms with E-state index in [-0.39, 0.29) is 5.91 Å². The van der Waals surface area contributed by atoms with Crippen LogP contribution < -0.4 is 10.1 Å². The molecule has 3 rings (SSSR count). The number of rotatable bonds is 5. The Labute approximate surface area is 152 Å². The standard InChI is InChI=1S/C16H14ClN3O2S2/c1-9-8-11(5-6-12(9)17)22-10(2)15(21)19-16-18-14(20-24-16)13-4-3-7-23-13/h3-8,10H,1-2H3,(H,18,19,20,21). The van der Waals surface area contributed by atoms with Crippen molar-refractivity contribution < 1.29 is 9.53 Å². The maximum atomic E-state index is 12.2. The number of aromatic nitrogens is 2. The Morgan fingerprint density at radius 3 is 2.92 bits per heavy atom. The number of ether oxygens (including phenoxy) is 1. The fourth-order valence-electron chi connectivity index (χ4n) is 1.94. The van der Waals surface area contributed by atoms with Crippen LogP contribution in [0, 0.1) is 6.92 Å². The van der Waals surface area contributed by atoms with Gasteiger partial charge >= 0.3 is 0 Å². The van der Waals surface area contributed by atoms with Crippen LogP contribution in [-0.4, -0.2) is 21.4 Å². The molecule has 0 radical (unpaired) electrons. The molecule has 3 aromatic rings. The third kappa shape index (κ3) is 3.92. The van der Waals surface area contributed by atoms with Crippen LogP contribution in [0.5, 0.6) is 5.75 Å². The van der Waals surface area contributed by atoms with Gasteiger partial charge in [0, 0.05) is 16.6 Å². The highest BCUT2D eigenvalue weighted by Crippen LogP contribution is 2.25. The molecule has 0 saturated heterocycles. The summed E-state index contributed by atoms with van der Waals surface area (Å²) in [6, 6.07) is 9.15. The Morgan fingerprint density at radius 2 is 2.21 bits per heavy atom. The second kappa shape index (κ2) is 7.29. The van der Waals surface area contributed by atoms with Gasteiger partial charge in [0.05, 0.1) is 4.88 Å². The summed E-state index contributed by atoms with van der Waals surface area (Å²) in [6.45, 7) is 3.56. The quantitative estimate of drug-likeness (QED) is 0.701. The van der Waals surface area contributed by atoms with E-state index < -0.39 is 6.10 Å². The first-order valence-corrected chi connectivity index (χ1v) is 9.17. The van der Waals surface area contributed by atoms with Crippen LogP contribution in [0.3, 0.4) is 0 Å². The number of anilines is 1. The average molecular weight is 380 g/mol. The number of nitrogens with one attached hydrogen (secondary N) is 1.